The lowest BCUT2D eigenvalue weighted by Gasteiger charge is -2.38. The molecular weight excluding hydrogens is 584 g/mol. The molecule has 0 radical (unpaired) electrons. The Kier molecular flexibility index (Phi) is 10.9. The fourth-order valence-corrected chi connectivity index (χ4v) is 6.11. The van der Waals surface area contributed by atoms with Gasteiger partial charge in [0.25, 0.3) is 0 Å². The van der Waals surface area contributed by atoms with Gasteiger partial charge in [-0.1, -0.05) is 127 Å². The van der Waals surface area contributed by atoms with E-state index in [0.717, 1.165) is 53.0 Å². The minimum Gasteiger partial charge on any atom is -0.392 e. The molecule has 1 fully saturated rings. The maximum atomic E-state index is 11.4. The molecule has 0 aliphatic carbocycles. The van der Waals surface area contributed by atoms with Crippen LogP contribution in [0.15, 0.2) is 133 Å². The van der Waals surface area contributed by atoms with Gasteiger partial charge in [0.2, 0.25) is 5.91 Å². The molecule has 1 aliphatic rings. The second-order valence-electron chi connectivity index (χ2n) is 12.2. The molecule has 0 aromatic heterocycles. The van der Waals surface area contributed by atoms with Gasteiger partial charge in [-0.25, -0.2) is 0 Å². The summed E-state index contributed by atoms with van der Waals surface area (Å²) in [6.45, 7) is 4.41. The van der Waals surface area contributed by atoms with Gasteiger partial charge in [0.05, 0.1) is 18.8 Å². The highest BCUT2D eigenvalue weighted by Gasteiger charge is 2.33. The van der Waals surface area contributed by atoms with Gasteiger partial charge in [-0.3, -0.25) is 9.69 Å². The van der Waals surface area contributed by atoms with Gasteiger partial charge < -0.3 is 19.9 Å². The van der Waals surface area contributed by atoms with Gasteiger partial charge in [-0.15, -0.1) is 0 Å². The average Bonchev–Trinajstić information content (AvgIpc) is 3.12. The molecule has 5 aromatic carbocycles. The molecule has 3 unspecified atom stereocenters. The third kappa shape index (κ3) is 9.03. The Morgan fingerprint density at radius 3 is 1.94 bits per heavy atom. The molecule has 1 amide bonds. The molecule has 47 heavy (non-hydrogen) atoms. The topological polar surface area (TPSA) is 71.0 Å². The number of hydrogen-bond acceptors (Lipinski definition) is 5. The second-order valence-corrected chi connectivity index (χ2v) is 12.2. The van der Waals surface area contributed by atoms with Gasteiger partial charge in [-0.05, 0) is 45.0 Å². The Bertz CT molecular complexity index is 1670. The summed E-state index contributed by atoms with van der Waals surface area (Å²) in [7, 11) is 0. The van der Waals surface area contributed by atoms with Crippen molar-refractivity contribution in [3.8, 4) is 11.1 Å². The lowest BCUT2D eigenvalue weighted by molar-refractivity contribution is -0.253. The summed E-state index contributed by atoms with van der Waals surface area (Å²) in [6.07, 6.45) is -0.0544. The van der Waals surface area contributed by atoms with Crippen molar-refractivity contribution in [2.75, 3.05) is 6.54 Å². The zero-order valence-electron chi connectivity index (χ0n) is 26.8. The van der Waals surface area contributed by atoms with E-state index >= 15 is 0 Å². The first-order chi connectivity index (χ1) is 23.0. The first-order valence-electron chi connectivity index (χ1n) is 16.3. The minimum absolute atomic E-state index is 0.0105. The third-order valence-electron chi connectivity index (χ3n) is 8.56. The summed E-state index contributed by atoms with van der Waals surface area (Å²) in [6, 6.07) is 45.8. The van der Waals surface area contributed by atoms with E-state index in [1.165, 1.54) is 18.1 Å². The van der Waals surface area contributed by atoms with Crippen LogP contribution >= 0.6 is 0 Å². The second kappa shape index (κ2) is 15.8. The fraction of sp³-hybridized carbons (Fsp3) is 0.244. The summed E-state index contributed by atoms with van der Waals surface area (Å²) in [5.41, 5.74) is 8.66. The first-order valence-corrected chi connectivity index (χ1v) is 16.3. The Morgan fingerprint density at radius 2 is 1.32 bits per heavy atom. The number of aliphatic hydroxyl groups is 1. The van der Waals surface area contributed by atoms with Crippen molar-refractivity contribution in [1.29, 1.82) is 0 Å². The monoisotopic (exact) mass is 626 g/mol. The van der Waals surface area contributed by atoms with Crippen molar-refractivity contribution < 1.29 is 19.4 Å². The molecule has 1 aliphatic heterocycles. The number of hydrogen-bond donors (Lipinski definition) is 2. The van der Waals surface area contributed by atoms with Gasteiger partial charge in [0, 0.05) is 45.1 Å². The Labute approximate surface area is 277 Å². The molecule has 0 bridgehead atoms. The number of carbonyl (C=O) groups excluding carboxylic acids is 1. The molecular formula is C41H42N2O4. The van der Waals surface area contributed by atoms with Crippen LogP contribution in [0, 0.1) is 0 Å². The molecule has 6 heteroatoms. The minimum atomic E-state index is -0.535. The Morgan fingerprint density at radius 1 is 0.702 bits per heavy atom. The first kappa shape index (κ1) is 32.4. The predicted octanol–water partition coefficient (Wildman–Crippen LogP) is 7.73. The summed E-state index contributed by atoms with van der Waals surface area (Å²) < 4.78 is 13.4. The number of aliphatic hydroxyl groups excluding tert-OH is 1. The number of rotatable bonds is 12. The SMILES string of the molecule is CC(=O)NCc1cccc(-c2ccc(C3OC(CN(Cc4ccccc4)Cc4ccccc4)CC(c4ccc(CO)cc4)O3)cc2)c1. The molecule has 6 rings (SSSR count). The van der Waals surface area contributed by atoms with Crippen LogP contribution in [0.4, 0.5) is 0 Å². The summed E-state index contributed by atoms with van der Waals surface area (Å²) in [5, 5.41) is 12.5. The van der Waals surface area contributed by atoms with Crippen molar-refractivity contribution in [3.63, 3.8) is 0 Å². The average molecular weight is 627 g/mol. The van der Waals surface area contributed by atoms with Gasteiger partial charge >= 0.3 is 0 Å². The molecule has 1 heterocycles. The van der Waals surface area contributed by atoms with Crippen LogP contribution in [-0.2, 0) is 40.5 Å². The van der Waals surface area contributed by atoms with Crippen molar-refractivity contribution >= 4 is 5.91 Å². The lowest BCUT2D eigenvalue weighted by atomic mass is 9.98. The maximum Gasteiger partial charge on any atom is 0.217 e. The standard InChI is InChI=1S/C41H42N2O4/c1-30(45)42-25-34-13-8-14-38(23-34)35-19-21-37(22-20-35)41-46-39(24-40(47-41)36-17-15-33(29-44)16-18-36)28-43(26-31-9-4-2-5-10-31)27-32-11-6-3-7-12-32/h2-23,39-41,44H,24-29H2,1H3,(H,42,45). The summed E-state index contributed by atoms with van der Waals surface area (Å²) in [4.78, 5) is 13.9. The normalized spacial score (nSPS) is 17.8. The molecule has 1 saturated heterocycles. The van der Waals surface area contributed by atoms with Crippen molar-refractivity contribution in [3.05, 3.63) is 167 Å². The van der Waals surface area contributed by atoms with Crippen LogP contribution < -0.4 is 5.32 Å². The van der Waals surface area contributed by atoms with E-state index in [9.17, 15) is 9.90 Å². The molecule has 6 nitrogen and oxygen atoms in total. The van der Waals surface area contributed by atoms with Gasteiger partial charge in [-0.2, -0.15) is 0 Å². The van der Waals surface area contributed by atoms with Gasteiger partial charge in [0.15, 0.2) is 6.29 Å². The fourth-order valence-electron chi connectivity index (χ4n) is 6.11. The molecule has 3 atom stereocenters. The van der Waals surface area contributed by atoms with Crippen molar-refractivity contribution in [1.82, 2.24) is 10.2 Å². The highest BCUT2D eigenvalue weighted by Crippen LogP contribution is 2.39. The van der Waals surface area contributed by atoms with Crippen LogP contribution in [-0.4, -0.2) is 28.6 Å². The zero-order valence-corrected chi connectivity index (χ0v) is 26.8. The van der Waals surface area contributed by atoms with E-state index in [2.05, 4.69) is 119 Å². The van der Waals surface area contributed by atoms with Crippen molar-refractivity contribution in [2.45, 2.75) is 58.1 Å². The Hall–Kier alpha value is -4.59. The number of benzene rings is 5. The lowest BCUT2D eigenvalue weighted by Crippen LogP contribution is -2.39. The van der Waals surface area contributed by atoms with E-state index in [1.807, 2.05) is 24.3 Å². The number of nitrogens with one attached hydrogen (secondary N) is 1. The largest absolute Gasteiger partial charge is 0.392 e. The van der Waals surface area contributed by atoms with E-state index in [1.54, 1.807) is 0 Å². The molecule has 240 valence electrons. The van der Waals surface area contributed by atoms with E-state index in [4.69, 9.17) is 9.47 Å². The molecule has 0 spiro atoms. The predicted molar refractivity (Wildman–Crippen MR) is 185 cm³/mol. The molecule has 5 aromatic rings. The van der Waals surface area contributed by atoms with Gasteiger partial charge in [0.1, 0.15) is 0 Å². The van der Waals surface area contributed by atoms with Crippen molar-refractivity contribution in [2.24, 2.45) is 0 Å². The van der Waals surface area contributed by atoms with Crippen LogP contribution in [0.5, 0.6) is 0 Å². The van der Waals surface area contributed by atoms with E-state index in [-0.39, 0.29) is 24.7 Å². The van der Waals surface area contributed by atoms with Crippen LogP contribution in [0.2, 0.25) is 0 Å². The number of ether oxygens (including phenoxy) is 2. The molecule has 0 saturated carbocycles. The summed E-state index contributed by atoms with van der Waals surface area (Å²) in [5.74, 6) is -0.0450. The number of nitrogens with zero attached hydrogens (tertiary/aromatic N) is 1. The number of carbonyl (C=O) groups is 1. The summed E-state index contributed by atoms with van der Waals surface area (Å²) >= 11 is 0. The van der Waals surface area contributed by atoms with Crippen LogP contribution in [0.25, 0.3) is 11.1 Å². The Balaban J connectivity index is 1.24. The van der Waals surface area contributed by atoms with Crippen LogP contribution in [0.3, 0.4) is 0 Å². The molecule has 2 N–H and O–H groups in total. The van der Waals surface area contributed by atoms with E-state index < -0.39 is 6.29 Å². The van der Waals surface area contributed by atoms with E-state index in [0.29, 0.717) is 13.0 Å². The highest BCUT2D eigenvalue weighted by molar-refractivity contribution is 5.73. The number of amides is 1. The third-order valence-corrected chi connectivity index (χ3v) is 8.56. The van der Waals surface area contributed by atoms with Crippen LogP contribution in [0.1, 0.15) is 59.1 Å². The highest BCUT2D eigenvalue weighted by atomic mass is 16.7. The maximum absolute atomic E-state index is 11.4. The zero-order chi connectivity index (χ0) is 32.4. The quantitative estimate of drug-likeness (QED) is 0.148. The smallest absolute Gasteiger partial charge is 0.217 e.